The van der Waals surface area contributed by atoms with Crippen molar-refractivity contribution in [1.82, 2.24) is 4.90 Å². The van der Waals surface area contributed by atoms with E-state index in [9.17, 15) is 9.90 Å². The molecule has 1 saturated heterocycles. The number of carbonyl (C=O) groups is 1. The third-order valence-corrected chi connectivity index (χ3v) is 3.98. The number of carboxylic acid groups (broad SMARTS) is 1. The summed E-state index contributed by atoms with van der Waals surface area (Å²) >= 11 is 0. The quantitative estimate of drug-likeness (QED) is 0.776. The van der Waals surface area contributed by atoms with Crippen LogP contribution in [-0.2, 0) is 4.79 Å². The van der Waals surface area contributed by atoms with E-state index in [-0.39, 0.29) is 6.04 Å². The van der Waals surface area contributed by atoms with Gasteiger partial charge in [-0.1, -0.05) is 13.3 Å². The minimum atomic E-state index is -0.624. The van der Waals surface area contributed by atoms with Gasteiger partial charge in [0, 0.05) is 6.54 Å². The number of hydrogen-bond donors (Lipinski definition) is 1. The molecular weight excluding hydrogens is 190 g/mol. The van der Waals surface area contributed by atoms with E-state index in [1.54, 1.807) is 0 Å². The Morgan fingerprint density at radius 1 is 1.40 bits per heavy atom. The highest BCUT2D eigenvalue weighted by atomic mass is 16.4. The van der Waals surface area contributed by atoms with Gasteiger partial charge >= 0.3 is 5.97 Å². The molecule has 1 N–H and O–H groups in total. The maximum absolute atomic E-state index is 11.2. The van der Waals surface area contributed by atoms with Gasteiger partial charge in [-0.2, -0.15) is 0 Å². The SMILES string of the molecule is CC1CCN(CC2CCC2)C(C(=O)O)C1. The lowest BCUT2D eigenvalue weighted by Crippen LogP contribution is -2.49. The van der Waals surface area contributed by atoms with E-state index in [0.29, 0.717) is 5.92 Å². The van der Waals surface area contributed by atoms with Crippen LogP contribution < -0.4 is 0 Å². The van der Waals surface area contributed by atoms with Gasteiger partial charge in [0.05, 0.1) is 0 Å². The van der Waals surface area contributed by atoms with Crippen LogP contribution in [0.4, 0.5) is 0 Å². The van der Waals surface area contributed by atoms with Gasteiger partial charge < -0.3 is 5.11 Å². The molecule has 0 radical (unpaired) electrons. The maximum Gasteiger partial charge on any atom is 0.320 e. The van der Waals surface area contributed by atoms with Crippen molar-refractivity contribution in [1.29, 1.82) is 0 Å². The Hall–Kier alpha value is -0.570. The lowest BCUT2D eigenvalue weighted by molar-refractivity contribution is -0.145. The van der Waals surface area contributed by atoms with E-state index in [1.807, 2.05) is 0 Å². The van der Waals surface area contributed by atoms with Crippen LogP contribution in [-0.4, -0.2) is 35.1 Å². The summed E-state index contributed by atoms with van der Waals surface area (Å²) in [6.07, 6.45) is 5.95. The highest BCUT2D eigenvalue weighted by molar-refractivity contribution is 5.73. The van der Waals surface area contributed by atoms with Crippen LogP contribution >= 0.6 is 0 Å². The second-order valence-corrected chi connectivity index (χ2v) is 5.28. The third kappa shape index (κ3) is 2.51. The highest BCUT2D eigenvalue weighted by Gasteiger charge is 2.33. The van der Waals surface area contributed by atoms with Crippen molar-refractivity contribution in [2.45, 2.75) is 45.1 Å². The molecule has 3 nitrogen and oxygen atoms in total. The first kappa shape index (κ1) is 10.9. The Balaban J connectivity index is 1.91. The van der Waals surface area contributed by atoms with Crippen LogP contribution in [0.3, 0.4) is 0 Å². The molecule has 2 atom stereocenters. The first-order valence-electron chi connectivity index (χ1n) is 6.13. The second-order valence-electron chi connectivity index (χ2n) is 5.28. The summed E-state index contributed by atoms with van der Waals surface area (Å²) < 4.78 is 0. The Morgan fingerprint density at radius 2 is 2.13 bits per heavy atom. The largest absolute Gasteiger partial charge is 0.480 e. The first-order valence-corrected chi connectivity index (χ1v) is 6.13. The Kier molecular flexibility index (Phi) is 3.29. The smallest absolute Gasteiger partial charge is 0.320 e. The first-order chi connectivity index (χ1) is 7.16. The minimum absolute atomic E-state index is 0.214. The van der Waals surface area contributed by atoms with E-state index in [1.165, 1.54) is 19.3 Å². The summed E-state index contributed by atoms with van der Waals surface area (Å²) in [6.45, 7) is 4.16. The van der Waals surface area contributed by atoms with Gasteiger partial charge in [0.2, 0.25) is 0 Å². The average molecular weight is 211 g/mol. The number of carboxylic acids is 1. The normalized spacial score (nSPS) is 33.7. The molecule has 1 aliphatic carbocycles. The highest BCUT2D eigenvalue weighted by Crippen LogP contribution is 2.30. The Morgan fingerprint density at radius 3 is 2.67 bits per heavy atom. The molecule has 1 aliphatic heterocycles. The molecular formula is C12H21NO2. The zero-order valence-corrected chi connectivity index (χ0v) is 9.48. The fourth-order valence-corrected chi connectivity index (χ4v) is 2.67. The summed E-state index contributed by atoms with van der Waals surface area (Å²) in [7, 11) is 0. The molecule has 2 aliphatic rings. The van der Waals surface area contributed by atoms with Crippen molar-refractivity contribution in [3.05, 3.63) is 0 Å². The van der Waals surface area contributed by atoms with Crippen LogP contribution in [0.1, 0.15) is 39.0 Å². The van der Waals surface area contributed by atoms with Crippen molar-refractivity contribution in [2.75, 3.05) is 13.1 Å². The average Bonchev–Trinajstić information content (AvgIpc) is 2.12. The number of hydrogen-bond acceptors (Lipinski definition) is 2. The molecule has 0 spiro atoms. The van der Waals surface area contributed by atoms with Gasteiger partial charge in [0.25, 0.3) is 0 Å². The summed E-state index contributed by atoms with van der Waals surface area (Å²) in [5.41, 5.74) is 0. The van der Waals surface area contributed by atoms with E-state index < -0.39 is 5.97 Å². The topological polar surface area (TPSA) is 40.5 Å². The molecule has 0 aromatic rings. The number of nitrogens with zero attached hydrogens (tertiary/aromatic N) is 1. The van der Waals surface area contributed by atoms with E-state index in [0.717, 1.165) is 31.8 Å². The van der Waals surface area contributed by atoms with Gasteiger partial charge in [0.1, 0.15) is 6.04 Å². The van der Waals surface area contributed by atoms with Crippen LogP contribution in [0, 0.1) is 11.8 Å². The van der Waals surface area contributed by atoms with Crippen molar-refractivity contribution >= 4 is 5.97 Å². The fourth-order valence-electron chi connectivity index (χ4n) is 2.67. The van der Waals surface area contributed by atoms with Crippen molar-refractivity contribution in [3.63, 3.8) is 0 Å². The molecule has 86 valence electrons. The minimum Gasteiger partial charge on any atom is -0.480 e. The number of piperidine rings is 1. The fraction of sp³-hybridized carbons (Fsp3) is 0.917. The summed E-state index contributed by atoms with van der Waals surface area (Å²) in [5.74, 6) is 0.727. The molecule has 2 fully saturated rings. The van der Waals surface area contributed by atoms with Crippen LogP contribution in [0.25, 0.3) is 0 Å². The molecule has 1 saturated carbocycles. The molecule has 0 aromatic heterocycles. The van der Waals surface area contributed by atoms with Crippen LogP contribution in [0.5, 0.6) is 0 Å². The summed E-state index contributed by atoms with van der Waals surface area (Å²) in [6, 6.07) is -0.214. The van der Waals surface area contributed by atoms with E-state index >= 15 is 0 Å². The summed E-state index contributed by atoms with van der Waals surface area (Å²) in [4.78, 5) is 13.4. The van der Waals surface area contributed by atoms with Crippen molar-refractivity contribution in [3.8, 4) is 0 Å². The molecule has 2 unspecified atom stereocenters. The van der Waals surface area contributed by atoms with Gasteiger partial charge in [-0.15, -0.1) is 0 Å². The van der Waals surface area contributed by atoms with Crippen LogP contribution in [0.2, 0.25) is 0 Å². The molecule has 0 bridgehead atoms. The Labute approximate surface area is 91.5 Å². The molecule has 15 heavy (non-hydrogen) atoms. The second kappa shape index (κ2) is 4.52. The van der Waals surface area contributed by atoms with Crippen molar-refractivity contribution < 1.29 is 9.90 Å². The standard InChI is InChI=1S/C12H21NO2/c1-9-5-6-13(8-10-3-2-4-10)11(7-9)12(14)15/h9-11H,2-8H2,1H3,(H,14,15). The third-order valence-electron chi connectivity index (χ3n) is 3.98. The predicted molar refractivity (Wildman–Crippen MR) is 58.7 cm³/mol. The number of aliphatic carboxylic acids is 1. The zero-order valence-electron chi connectivity index (χ0n) is 9.48. The summed E-state index contributed by atoms with van der Waals surface area (Å²) in [5, 5.41) is 9.19. The lowest BCUT2D eigenvalue weighted by Gasteiger charge is -2.40. The molecule has 2 rings (SSSR count). The maximum atomic E-state index is 11.2. The molecule has 3 heteroatoms. The van der Waals surface area contributed by atoms with E-state index in [2.05, 4.69) is 11.8 Å². The van der Waals surface area contributed by atoms with E-state index in [4.69, 9.17) is 0 Å². The number of likely N-dealkylation sites (tertiary alicyclic amines) is 1. The van der Waals surface area contributed by atoms with Gasteiger partial charge in [-0.25, -0.2) is 0 Å². The Bertz CT molecular complexity index is 238. The number of rotatable bonds is 3. The molecule has 0 aromatic carbocycles. The monoisotopic (exact) mass is 211 g/mol. The van der Waals surface area contributed by atoms with Gasteiger partial charge in [-0.3, -0.25) is 9.69 Å². The zero-order chi connectivity index (χ0) is 10.8. The van der Waals surface area contributed by atoms with Gasteiger partial charge in [-0.05, 0) is 44.1 Å². The molecule has 0 amide bonds. The van der Waals surface area contributed by atoms with Gasteiger partial charge in [0.15, 0.2) is 0 Å². The van der Waals surface area contributed by atoms with Crippen molar-refractivity contribution in [2.24, 2.45) is 11.8 Å². The predicted octanol–water partition coefficient (Wildman–Crippen LogP) is 1.97. The molecule has 1 heterocycles. The van der Waals surface area contributed by atoms with Crippen LogP contribution in [0.15, 0.2) is 0 Å². The lowest BCUT2D eigenvalue weighted by atomic mass is 9.83.